The lowest BCUT2D eigenvalue weighted by atomic mass is 10.2. The van der Waals surface area contributed by atoms with E-state index in [-0.39, 0.29) is 17.0 Å². The fourth-order valence-corrected chi connectivity index (χ4v) is 2.54. The highest BCUT2D eigenvalue weighted by Gasteiger charge is 2.17. The first kappa shape index (κ1) is 13.4. The van der Waals surface area contributed by atoms with Crippen molar-refractivity contribution in [3.8, 4) is 0 Å². The van der Waals surface area contributed by atoms with Crippen molar-refractivity contribution in [2.75, 3.05) is 6.26 Å². The molecule has 0 saturated carbocycles. The van der Waals surface area contributed by atoms with Gasteiger partial charge in [0.15, 0.2) is 9.84 Å². The van der Waals surface area contributed by atoms with Crippen LogP contribution in [0.1, 0.15) is 16.1 Å². The van der Waals surface area contributed by atoms with E-state index in [2.05, 4.69) is 5.32 Å². The summed E-state index contributed by atoms with van der Waals surface area (Å²) >= 11 is 0. The average molecular weight is 279 g/mol. The number of amides is 1. The Bertz CT molecular complexity index is 674. The first-order chi connectivity index (χ1) is 8.98. The maximum atomic E-state index is 12.0. The number of rotatable bonds is 4. The Kier molecular flexibility index (Phi) is 3.71. The third-order valence-corrected chi connectivity index (χ3v) is 3.69. The van der Waals surface area contributed by atoms with Gasteiger partial charge in [-0.05, 0) is 24.3 Å². The van der Waals surface area contributed by atoms with E-state index in [1.807, 2.05) is 0 Å². The molecule has 0 unspecified atom stereocenters. The minimum atomic E-state index is -3.43. The van der Waals surface area contributed by atoms with E-state index in [0.29, 0.717) is 5.76 Å². The van der Waals surface area contributed by atoms with E-state index in [1.54, 1.807) is 24.3 Å². The molecule has 1 amide bonds. The Morgan fingerprint density at radius 2 is 1.95 bits per heavy atom. The van der Waals surface area contributed by atoms with Gasteiger partial charge in [-0.15, -0.1) is 0 Å². The zero-order valence-electron chi connectivity index (χ0n) is 10.3. The summed E-state index contributed by atoms with van der Waals surface area (Å²) in [7, 11) is -3.43. The van der Waals surface area contributed by atoms with Crippen LogP contribution in [-0.2, 0) is 16.4 Å². The van der Waals surface area contributed by atoms with Crippen molar-refractivity contribution in [1.82, 2.24) is 5.32 Å². The fraction of sp³-hybridized carbons (Fsp3) is 0.154. The molecule has 5 nitrogen and oxygen atoms in total. The van der Waals surface area contributed by atoms with Crippen LogP contribution in [0.4, 0.5) is 0 Å². The maximum absolute atomic E-state index is 12.0. The third-order valence-electron chi connectivity index (χ3n) is 2.53. The molecular formula is C13H13NO4S. The van der Waals surface area contributed by atoms with Gasteiger partial charge in [-0.1, -0.05) is 12.1 Å². The summed E-state index contributed by atoms with van der Waals surface area (Å²) < 4.78 is 28.3. The molecule has 1 aromatic carbocycles. The van der Waals surface area contributed by atoms with Gasteiger partial charge in [-0.2, -0.15) is 0 Å². The molecule has 2 aromatic rings. The molecule has 0 fully saturated rings. The summed E-state index contributed by atoms with van der Waals surface area (Å²) in [5.41, 5.74) is 0.136. The quantitative estimate of drug-likeness (QED) is 0.922. The Balaban J connectivity index is 2.20. The van der Waals surface area contributed by atoms with Crippen LogP contribution in [-0.4, -0.2) is 20.6 Å². The molecule has 0 bridgehead atoms. The van der Waals surface area contributed by atoms with Crippen LogP contribution in [0.25, 0.3) is 0 Å². The van der Waals surface area contributed by atoms with Crippen LogP contribution in [0.5, 0.6) is 0 Å². The second-order valence-electron chi connectivity index (χ2n) is 4.03. The van der Waals surface area contributed by atoms with Gasteiger partial charge in [0.25, 0.3) is 5.91 Å². The Hall–Kier alpha value is -2.08. The summed E-state index contributed by atoms with van der Waals surface area (Å²) in [6, 6.07) is 9.54. The molecule has 0 aliphatic heterocycles. The molecule has 1 heterocycles. The van der Waals surface area contributed by atoms with Gasteiger partial charge in [0.1, 0.15) is 5.76 Å². The lowest BCUT2D eigenvalue weighted by Crippen LogP contribution is -2.24. The number of carbonyl (C=O) groups excluding carboxylic acids is 1. The van der Waals surface area contributed by atoms with Crippen LogP contribution < -0.4 is 5.32 Å². The van der Waals surface area contributed by atoms with E-state index in [4.69, 9.17) is 4.42 Å². The van der Waals surface area contributed by atoms with E-state index in [0.717, 1.165) is 6.26 Å². The SMILES string of the molecule is CS(=O)(=O)c1ccccc1C(=O)NCc1ccco1. The first-order valence-corrected chi connectivity index (χ1v) is 7.47. The minimum absolute atomic E-state index is 0.0203. The highest BCUT2D eigenvalue weighted by Crippen LogP contribution is 2.15. The Morgan fingerprint density at radius 3 is 2.58 bits per heavy atom. The first-order valence-electron chi connectivity index (χ1n) is 5.58. The smallest absolute Gasteiger partial charge is 0.252 e. The van der Waals surface area contributed by atoms with Gasteiger partial charge in [-0.25, -0.2) is 8.42 Å². The van der Waals surface area contributed by atoms with Crippen LogP contribution in [0.3, 0.4) is 0 Å². The average Bonchev–Trinajstić information content (AvgIpc) is 2.88. The van der Waals surface area contributed by atoms with Crippen molar-refractivity contribution >= 4 is 15.7 Å². The second kappa shape index (κ2) is 5.27. The lowest BCUT2D eigenvalue weighted by molar-refractivity contribution is 0.0944. The predicted octanol–water partition coefficient (Wildman–Crippen LogP) is 1.61. The normalized spacial score (nSPS) is 11.2. The van der Waals surface area contributed by atoms with E-state index >= 15 is 0 Å². The summed E-state index contributed by atoms with van der Waals surface area (Å²) in [5, 5.41) is 2.62. The number of benzene rings is 1. The van der Waals surface area contributed by atoms with Crippen LogP contribution in [0.15, 0.2) is 52.0 Å². The standard InChI is InChI=1S/C13H13NO4S/c1-19(16,17)12-7-3-2-6-11(12)13(15)14-9-10-5-4-8-18-10/h2-8H,9H2,1H3,(H,14,15). The highest BCUT2D eigenvalue weighted by molar-refractivity contribution is 7.90. The molecule has 2 rings (SSSR count). The number of carbonyl (C=O) groups is 1. The molecule has 0 spiro atoms. The molecule has 0 aliphatic rings. The molecule has 0 atom stereocenters. The van der Waals surface area contributed by atoms with E-state index in [9.17, 15) is 13.2 Å². The molecular weight excluding hydrogens is 266 g/mol. The zero-order chi connectivity index (χ0) is 13.9. The van der Waals surface area contributed by atoms with Crippen LogP contribution in [0, 0.1) is 0 Å². The van der Waals surface area contributed by atoms with Crippen molar-refractivity contribution in [2.24, 2.45) is 0 Å². The second-order valence-corrected chi connectivity index (χ2v) is 6.01. The van der Waals surface area contributed by atoms with Crippen molar-refractivity contribution in [1.29, 1.82) is 0 Å². The third kappa shape index (κ3) is 3.23. The van der Waals surface area contributed by atoms with Gasteiger partial charge in [0, 0.05) is 6.26 Å². The molecule has 0 saturated heterocycles. The minimum Gasteiger partial charge on any atom is -0.467 e. The maximum Gasteiger partial charge on any atom is 0.252 e. The number of nitrogens with one attached hydrogen (secondary N) is 1. The molecule has 6 heteroatoms. The van der Waals surface area contributed by atoms with Crippen molar-refractivity contribution in [2.45, 2.75) is 11.4 Å². The highest BCUT2D eigenvalue weighted by atomic mass is 32.2. The van der Waals surface area contributed by atoms with Gasteiger partial charge in [-0.3, -0.25) is 4.79 Å². The van der Waals surface area contributed by atoms with Gasteiger partial charge < -0.3 is 9.73 Å². The van der Waals surface area contributed by atoms with Crippen LogP contribution in [0.2, 0.25) is 0 Å². The molecule has 100 valence electrons. The fourth-order valence-electron chi connectivity index (χ4n) is 1.65. The summed E-state index contributed by atoms with van der Waals surface area (Å²) in [5.74, 6) is 0.155. The number of hydrogen-bond donors (Lipinski definition) is 1. The predicted molar refractivity (Wildman–Crippen MR) is 69.4 cm³/mol. The molecule has 1 N–H and O–H groups in total. The lowest BCUT2D eigenvalue weighted by Gasteiger charge is -2.07. The van der Waals surface area contributed by atoms with Crippen molar-refractivity contribution in [3.63, 3.8) is 0 Å². The topological polar surface area (TPSA) is 76.4 Å². The van der Waals surface area contributed by atoms with Gasteiger partial charge >= 0.3 is 0 Å². The zero-order valence-corrected chi connectivity index (χ0v) is 11.1. The molecule has 0 aliphatic carbocycles. The largest absolute Gasteiger partial charge is 0.467 e. The van der Waals surface area contributed by atoms with Gasteiger partial charge in [0.05, 0.1) is 23.3 Å². The van der Waals surface area contributed by atoms with Crippen molar-refractivity contribution in [3.05, 3.63) is 54.0 Å². The van der Waals surface area contributed by atoms with E-state index in [1.165, 1.54) is 18.4 Å². The Labute approximate surface area is 111 Å². The number of sulfone groups is 1. The summed E-state index contributed by atoms with van der Waals surface area (Å²) in [6.45, 7) is 0.212. The number of furan rings is 1. The van der Waals surface area contributed by atoms with Crippen LogP contribution >= 0.6 is 0 Å². The monoisotopic (exact) mass is 279 g/mol. The Morgan fingerprint density at radius 1 is 1.21 bits per heavy atom. The number of hydrogen-bond acceptors (Lipinski definition) is 4. The molecule has 1 aromatic heterocycles. The van der Waals surface area contributed by atoms with E-state index < -0.39 is 15.7 Å². The van der Waals surface area contributed by atoms with Crippen molar-refractivity contribution < 1.29 is 17.6 Å². The summed E-state index contributed by atoms with van der Waals surface area (Å²) in [6.07, 6.45) is 2.58. The molecule has 19 heavy (non-hydrogen) atoms. The molecule has 0 radical (unpaired) electrons. The summed E-state index contributed by atoms with van der Waals surface area (Å²) in [4.78, 5) is 12.0. The van der Waals surface area contributed by atoms with Gasteiger partial charge in [0.2, 0.25) is 0 Å².